The monoisotopic (exact) mass is 122 g/mol. The van der Waals surface area contributed by atoms with Crippen molar-refractivity contribution in [3.8, 4) is 18.4 Å². The van der Waals surface area contributed by atoms with Crippen LogP contribution in [0.5, 0.6) is 0 Å². The number of amides is 1. The van der Waals surface area contributed by atoms with E-state index in [1.807, 2.05) is 12.0 Å². The molecule has 3 heteroatoms. The highest BCUT2D eigenvalue weighted by Crippen LogP contribution is 1.68. The summed E-state index contributed by atoms with van der Waals surface area (Å²) in [5, 5.41) is 10.3. The third kappa shape index (κ3) is 4.37. The van der Waals surface area contributed by atoms with E-state index in [-0.39, 0.29) is 0 Å². The van der Waals surface area contributed by atoms with E-state index in [9.17, 15) is 4.79 Å². The van der Waals surface area contributed by atoms with Crippen LogP contribution in [-0.4, -0.2) is 12.5 Å². The molecule has 9 heavy (non-hydrogen) atoms. The quantitative estimate of drug-likeness (QED) is 0.402. The zero-order valence-electron chi connectivity index (χ0n) is 4.85. The van der Waals surface area contributed by atoms with E-state index in [4.69, 9.17) is 11.7 Å². The molecule has 0 aliphatic rings. The Morgan fingerprint density at radius 2 is 2.44 bits per heavy atom. The van der Waals surface area contributed by atoms with E-state index >= 15 is 0 Å². The summed E-state index contributed by atoms with van der Waals surface area (Å²) in [6.07, 6.45) is 5.01. The van der Waals surface area contributed by atoms with Crippen molar-refractivity contribution < 1.29 is 4.79 Å². The van der Waals surface area contributed by atoms with Gasteiger partial charge in [0.15, 0.2) is 0 Å². The highest BCUT2D eigenvalue weighted by atomic mass is 16.1. The van der Waals surface area contributed by atoms with Crippen molar-refractivity contribution in [1.82, 2.24) is 5.32 Å². The number of nitrogens with one attached hydrogen (secondary N) is 1. The van der Waals surface area contributed by atoms with Crippen LogP contribution in [-0.2, 0) is 4.79 Å². The number of nitrogens with zero attached hydrogens (tertiary/aromatic N) is 1. The number of hydrogen-bond acceptors (Lipinski definition) is 2. The summed E-state index contributed by atoms with van der Waals surface area (Å²) in [5.74, 6) is 1.40. The van der Waals surface area contributed by atoms with E-state index in [1.54, 1.807) is 0 Å². The molecule has 0 unspecified atom stereocenters. The van der Waals surface area contributed by atoms with Gasteiger partial charge in [0.25, 0.3) is 5.91 Å². The number of carbonyl (C=O) groups excluding carboxylic acids is 1. The van der Waals surface area contributed by atoms with Crippen molar-refractivity contribution >= 4 is 5.91 Å². The fourth-order valence-corrected chi connectivity index (χ4v) is 0.283. The molecule has 0 radical (unpaired) electrons. The van der Waals surface area contributed by atoms with Crippen LogP contribution in [0.4, 0.5) is 0 Å². The van der Waals surface area contributed by atoms with Gasteiger partial charge < -0.3 is 5.32 Å². The fraction of sp³-hybridized carbons (Fsp3) is 0.333. The zero-order valence-corrected chi connectivity index (χ0v) is 4.85. The summed E-state index contributed by atoms with van der Waals surface area (Å²) in [6, 6.07) is 1.86. The molecule has 0 aromatic carbocycles. The van der Waals surface area contributed by atoms with Gasteiger partial charge >= 0.3 is 0 Å². The smallest absolute Gasteiger partial charge is 0.295 e. The SMILES string of the molecule is C#CC(=O)NCCC#N. The number of terminal acetylenes is 1. The number of hydrogen-bond donors (Lipinski definition) is 1. The number of rotatable bonds is 2. The molecule has 0 aromatic rings. The van der Waals surface area contributed by atoms with Gasteiger partial charge in [-0.25, -0.2) is 0 Å². The predicted octanol–water partition coefficient (Wildman–Crippen LogP) is -0.351. The van der Waals surface area contributed by atoms with Crippen LogP contribution in [0.25, 0.3) is 0 Å². The summed E-state index contributed by atoms with van der Waals surface area (Å²) < 4.78 is 0. The van der Waals surface area contributed by atoms with Crippen LogP contribution in [0.15, 0.2) is 0 Å². The normalized spacial score (nSPS) is 6.89. The Balaban J connectivity index is 3.23. The summed E-state index contributed by atoms with van der Waals surface area (Å²) >= 11 is 0. The van der Waals surface area contributed by atoms with Crippen LogP contribution >= 0.6 is 0 Å². The lowest BCUT2D eigenvalue weighted by molar-refractivity contribution is -0.115. The maximum absolute atomic E-state index is 10.2. The summed E-state index contributed by atoms with van der Waals surface area (Å²) in [4.78, 5) is 10.2. The van der Waals surface area contributed by atoms with Crippen molar-refractivity contribution in [2.24, 2.45) is 0 Å². The molecule has 1 N–H and O–H groups in total. The lowest BCUT2D eigenvalue weighted by Crippen LogP contribution is -2.21. The molecule has 0 aliphatic carbocycles. The molecule has 0 aliphatic heterocycles. The first kappa shape index (κ1) is 7.52. The molecule has 0 rings (SSSR count). The summed E-state index contributed by atoms with van der Waals surface area (Å²) in [6.45, 7) is 0.333. The average Bonchev–Trinajstić information content (AvgIpc) is 1.89. The average molecular weight is 122 g/mol. The van der Waals surface area contributed by atoms with Gasteiger partial charge in [0, 0.05) is 6.54 Å². The third-order valence-corrected chi connectivity index (χ3v) is 0.653. The largest absolute Gasteiger partial charge is 0.344 e. The zero-order chi connectivity index (χ0) is 7.11. The van der Waals surface area contributed by atoms with Crippen LogP contribution in [0.2, 0.25) is 0 Å². The van der Waals surface area contributed by atoms with E-state index in [0.29, 0.717) is 13.0 Å². The molecule has 0 saturated heterocycles. The van der Waals surface area contributed by atoms with E-state index in [0.717, 1.165) is 0 Å². The maximum atomic E-state index is 10.2. The van der Waals surface area contributed by atoms with Crippen LogP contribution in [0, 0.1) is 23.7 Å². The molecule has 3 nitrogen and oxygen atoms in total. The van der Waals surface area contributed by atoms with Crippen molar-refractivity contribution in [2.75, 3.05) is 6.54 Å². The molecular weight excluding hydrogens is 116 g/mol. The van der Waals surface area contributed by atoms with Crippen molar-refractivity contribution in [3.63, 3.8) is 0 Å². The Morgan fingerprint density at radius 3 is 2.89 bits per heavy atom. The van der Waals surface area contributed by atoms with Gasteiger partial charge in [-0.1, -0.05) is 0 Å². The fourth-order valence-electron chi connectivity index (χ4n) is 0.283. The van der Waals surface area contributed by atoms with Crippen LogP contribution in [0.1, 0.15) is 6.42 Å². The van der Waals surface area contributed by atoms with Crippen molar-refractivity contribution in [1.29, 1.82) is 5.26 Å². The topological polar surface area (TPSA) is 52.9 Å². The summed E-state index contributed by atoms with van der Waals surface area (Å²) in [5.41, 5.74) is 0. The van der Waals surface area contributed by atoms with Crippen molar-refractivity contribution in [3.05, 3.63) is 0 Å². The first-order valence-electron chi connectivity index (χ1n) is 2.42. The van der Waals surface area contributed by atoms with Crippen LogP contribution < -0.4 is 5.32 Å². The van der Waals surface area contributed by atoms with Gasteiger partial charge in [-0.15, -0.1) is 6.42 Å². The highest BCUT2D eigenvalue weighted by Gasteiger charge is 1.89. The minimum absolute atomic E-state index is 0.299. The molecule has 0 heterocycles. The minimum Gasteiger partial charge on any atom is -0.344 e. The first-order valence-corrected chi connectivity index (χ1v) is 2.42. The third-order valence-electron chi connectivity index (χ3n) is 0.653. The van der Waals surface area contributed by atoms with E-state index < -0.39 is 5.91 Å². The second-order valence-corrected chi connectivity index (χ2v) is 1.31. The van der Waals surface area contributed by atoms with Gasteiger partial charge in [-0.2, -0.15) is 5.26 Å². The Bertz CT molecular complexity index is 172. The lowest BCUT2D eigenvalue weighted by atomic mass is 10.4. The second-order valence-electron chi connectivity index (χ2n) is 1.31. The molecule has 1 amide bonds. The molecule has 0 spiro atoms. The van der Waals surface area contributed by atoms with E-state index in [1.165, 1.54) is 0 Å². The molecule has 0 fully saturated rings. The van der Waals surface area contributed by atoms with Crippen molar-refractivity contribution in [2.45, 2.75) is 6.42 Å². The van der Waals surface area contributed by atoms with Gasteiger partial charge in [0.05, 0.1) is 12.5 Å². The molecule has 0 saturated carbocycles. The second kappa shape index (κ2) is 4.67. The van der Waals surface area contributed by atoms with Gasteiger partial charge in [0.1, 0.15) is 0 Å². The van der Waals surface area contributed by atoms with Gasteiger partial charge in [-0.3, -0.25) is 4.79 Å². The standard InChI is InChI=1S/C6H6N2O/c1-2-6(9)8-5-3-4-7/h1H,3,5H2,(H,8,9). The Labute approximate surface area is 53.7 Å². The Hall–Kier alpha value is -1.48. The van der Waals surface area contributed by atoms with Gasteiger partial charge in [0.2, 0.25) is 0 Å². The molecule has 0 atom stereocenters. The predicted molar refractivity (Wildman–Crippen MR) is 32.1 cm³/mol. The minimum atomic E-state index is -0.467. The highest BCUT2D eigenvalue weighted by molar-refractivity contribution is 5.92. The molecular formula is C6H6N2O. The van der Waals surface area contributed by atoms with Gasteiger partial charge in [-0.05, 0) is 5.92 Å². The molecule has 0 aromatic heterocycles. The number of carbonyl (C=O) groups is 1. The summed E-state index contributed by atoms with van der Waals surface area (Å²) in [7, 11) is 0. The Morgan fingerprint density at radius 1 is 1.78 bits per heavy atom. The first-order chi connectivity index (χ1) is 4.31. The molecule has 46 valence electrons. The van der Waals surface area contributed by atoms with E-state index in [2.05, 4.69) is 5.32 Å². The lowest BCUT2D eigenvalue weighted by Gasteiger charge is -1.91. The number of nitriles is 1. The van der Waals surface area contributed by atoms with Crippen LogP contribution in [0.3, 0.4) is 0 Å². The Kier molecular flexibility index (Phi) is 3.90. The maximum Gasteiger partial charge on any atom is 0.295 e. The molecule has 0 bridgehead atoms.